The van der Waals surface area contributed by atoms with Gasteiger partial charge in [-0.1, -0.05) is 0 Å². The van der Waals surface area contributed by atoms with E-state index in [1.165, 1.54) is 0 Å². The average molecular weight is 255 g/mol. The molecule has 2 fully saturated rings. The van der Waals surface area contributed by atoms with Gasteiger partial charge in [-0.25, -0.2) is 0 Å². The van der Waals surface area contributed by atoms with E-state index in [9.17, 15) is 4.79 Å². The molecule has 2 saturated heterocycles. The number of carbonyl (C=O) groups is 1. The first-order valence-electron chi connectivity index (χ1n) is 6.95. The van der Waals surface area contributed by atoms with E-state index in [2.05, 4.69) is 28.7 Å². The van der Waals surface area contributed by atoms with E-state index in [0.717, 1.165) is 52.2 Å². The van der Waals surface area contributed by atoms with Gasteiger partial charge < -0.3 is 10.0 Å². The smallest absolute Gasteiger partial charge is 0.308 e. The van der Waals surface area contributed by atoms with Crippen molar-refractivity contribution in [2.75, 3.05) is 52.9 Å². The van der Waals surface area contributed by atoms with E-state index in [1.54, 1.807) is 0 Å². The summed E-state index contributed by atoms with van der Waals surface area (Å²) >= 11 is 0. The van der Waals surface area contributed by atoms with Crippen LogP contribution in [0.4, 0.5) is 0 Å². The fourth-order valence-electron chi connectivity index (χ4n) is 2.99. The molecule has 5 nitrogen and oxygen atoms in total. The normalized spacial score (nSPS) is 31.9. The Morgan fingerprint density at radius 3 is 2.39 bits per heavy atom. The fourth-order valence-corrected chi connectivity index (χ4v) is 2.99. The Morgan fingerprint density at radius 2 is 1.83 bits per heavy atom. The van der Waals surface area contributed by atoms with Crippen molar-refractivity contribution >= 4 is 5.97 Å². The molecule has 2 unspecified atom stereocenters. The third-order valence-corrected chi connectivity index (χ3v) is 4.50. The largest absolute Gasteiger partial charge is 0.481 e. The summed E-state index contributed by atoms with van der Waals surface area (Å²) in [6, 6.07) is 0.190. The zero-order valence-electron chi connectivity index (χ0n) is 11.5. The number of likely N-dealkylation sites (tertiary alicyclic amines) is 1. The van der Waals surface area contributed by atoms with Crippen molar-refractivity contribution in [1.29, 1.82) is 0 Å². The maximum atomic E-state index is 11.1. The summed E-state index contributed by atoms with van der Waals surface area (Å²) in [4.78, 5) is 18.2. The van der Waals surface area contributed by atoms with Crippen LogP contribution in [0.15, 0.2) is 0 Å². The molecule has 2 heterocycles. The van der Waals surface area contributed by atoms with E-state index < -0.39 is 5.97 Å². The standard InChI is InChI=1S/C13H25N3O2/c1-11-12(13(17)18)3-4-16(11)10-9-15-7-5-14(2)6-8-15/h11-12H,3-10H2,1-2H3,(H,17,18). The van der Waals surface area contributed by atoms with E-state index in [1.807, 2.05) is 0 Å². The molecule has 18 heavy (non-hydrogen) atoms. The van der Waals surface area contributed by atoms with Gasteiger partial charge in [0.1, 0.15) is 0 Å². The Kier molecular flexibility index (Phi) is 4.59. The minimum absolute atomic E-state index is 0.169. The van der Waals surface area contributed by atoms with Gasteiger partial charge in [0.25, 0.3) is 0 Å². The van der Waals surface area contributed by atoms with Crippen LogP contribution in [0, 0.1) is 5.92 Å². The van der Waals surface area contributed by atoms with Crippen molar-refractivity contribution in [1.82, 2.24) is 14.7 Å². The van der Waals surface area contributed by atoms with Crippen LogP contribution in [0.3, 0.4) is 0 Å². The number of piperazine rings is 1. The van der Waals surface area contributed by atoms with Crippen molar-refractivity contribution < 1.29 is 9.90 Å². The van der Waals surface area contributed by atoms with Crippen LogP contribution in [-0.4, -0.2) is 84.7 Å². The number of likely N-dealkylation sites (N-methyl/N-ethyl adjacent to an activating group) is 1. The fraction of sp³-hybridized carbons (Fsp3) is 0.923. The van der Waals surface area contributed by atoms with Gasteiger partial charge in [-0.05, 0) is 26.9 Å². The van der Waals surface area contributed by atoms with Crippen LogP contribution in [0.25, 0.3) is 0 Å². The van der Waals surface area contributed by atoms with Crippen LogP contribution >= 0.6 is 0 Å². The Balaban J connectivity index is 1.73. The summed E-state index contributed by atoms with van der Waals surface area (Å²) in [5.74, 6) is -0.804. The number of aliphatic carboxylic acids is 1. The molecular formula is C13H25N3O2. The number of nitrogens with zero attached hydrogens (tertiary/aromatic N) is 3. The molecule has 2 rings (SSSR count). The molecule has 5 heteroatoms. The predicted molar refractivity (Wildman–Crippen MR) is 70.7 cm³/mol. The molecule has 0 aromatic carbocycles. The molecule has 2 atom stereocenters. The second-order valence-electron chi connectivity index (χ2n) is 5.65. The van der Waals surface area contributed by atoms with Crippen molar-refractivity contribution in [3.05, 3.63) is 0 Å². The van der Waals surface area contributed by atoms with Gasteiger partial charge in [0.2, 0.25) is 0 Å². The molecule has 0 saturated carbocycles. The maximum Gasteiger partial charge on any atom is 0.308 e. The van der Waals surface area contributed by atoms with E-state index >= 15 is 0 Å². The van der Waals surface area contributed by atoms with Gasteiger partial charge in [0.05, 0.1) is 5.92 Å². The summed E-state index contributed by atoms with van der Waals surface area (Å²) in [6.07, 6.45) is 0.805. The molecule has 0 aromatic heterocycles. The lowest BCUT2D eigenvalue weighted by Crippen LogP contribution is -2.47. The zero-order chi connectivity index (χ0) is 13.1. The summed E-state index contributed by atoms with van der Waals surface area (Å²) in [5, 5.41) is 9.10. The molecule has 0 aromatic rings. The van der Waals surface area contributed by atoms with Crippen LogP contribution in [-0.2, 0) is 4.79 Å². The number of hydrogen-bond donors (Lipinski definition) is 1. The van der Waals surface area contributed by atoms with E-state index in [-0.39, 0.29) is 12.0 Å². The second-order valence-corrected chi connectivity index (χ2v) is 5.65. The lowest BCUT2D eigenvalue weighted by molar-refractivity contribution is -0.142. The highest BCUT2D eigenvalue weighted by molar-refractivity contribution is 5.71. The molecule has 104 valence electrons. The Labute approximate surface area is 109 Å². The number of hydrogen-bond acceptors (Lipinski definition) is 4. The highest BCUT2D eigenvalue weighted by Crippen LogP contribution is 2.23. The monoisotopic (exact) mass is 255 g/mol. The summed E-state index contributed by atoms with van der Waals surface area (Å²) in [7, 11) is 2.16. The molecule has 0 bridgehead atoms. The van der Waals surface area contributed by atoms with Crippen LogP contribution < -0.4 is 0 Å². The summed E-state index contributed by atoms with van der Waals surface area (Å²) in [6.45, 7) is 9.64. The van der Waals surface area contributed by atoms with E-state index in [4.69, 9.17) is 5.11 Å². The zero-order valence-corrected chi connectivity index (χ0v) is 11.5. The molecule has 0 amide bonds. The molecule has 0 spiro atoms. The molecule has 0 radical (unpaired) electrons. The van der Waals surface area contributed by atoms with Gasteiger partial charge >= 0.3 is 5.97 Å². The first-order valence-corrected chi connectivity index (χ1v) is 6.95. The third-order valence-electron chi connectivity index (χ3n) is 4.50. The minimum Gasteiger partial charge on any atom is -0.481 e. The van der Waals surface area contributed by atoms with Crippen molar-refractivity contribution in [3.63, 3.8) is 0 Å². The highest BCUT2D eigenvalue weighted by Gasteiger charge is 2.35. The number of carboxylic acid groups (broad SMARTS) is 1. The predicted octanol–water partition coefficient (Wildman–Crippen LogP) is 0.0288. The average Bonchev–Trinajstić information content (AvgIpc) is 2.70. The van der Waals surface area contributed by atoms with Crippen LogP contribution in [0.2, 0.25) is 0 Å². The minimum atomic E-state index is -0.635. The van der Waals surface area contributed by atoms with Crippen molar-refractivity contribution in [2.24, 2.45) is 5.92 Å². The second kappa shape index (κ2) is 5.99. The van der Waals surface area contributed by atoms with Crippen molar-refractivity contribution in [2.45, 2.75) is 19.4 Å². The van der Waals surface area contributed by atoms with E-state index in [0.29, 0.717) is 0 Å². The van der Waals surface area contributed by atoms with Gasteiger partial charge in [0, 0.05) is 45.3 Å². The van der Waals surface area contributed by atoms with Gasteiger partial charge in [-0.2, -0.15) is 0 Å². The van der Waals surface area contributed by atoms with Crippen molar-refractivity contribution in [3.8, 4) is 0 Å². The van der Waals surface area contributed by atoms with Crippen LogP contribution in [0.1, 0.15) is 13.3 Å². The number of carboxylic acids is 1. The summed E-state index contributed by atoms with van der Waals surface area (Å²) < 4.78 is 0. The molecule has 1 N–H and O–H groups in total. The van der Waals surface area contributed by atoms with Gasteiger partial charge in [-0.3, -0.25) is 14.6 Å². The molecule has 2 aliphatic rings. The first-order chi connectivity index (χ1) is 8.58. The molecule has 0 aliphatic carbocycles. The molecule has 2 aliphatic heterocycles. The Bertz CT molecular complexity index is 290. The quantitative estimate of drug-likeness (QED) is 0.768. The Morgan fingerprint density at radius 1 is 1.17 bits per heavy atom. The van der Waals surface area contributed by atoms with Crippen LogP contribution in [0.5, 0.6) is 0 Å². The van der Waals surface area contributed by atoms with Gasteiger partial charge in [-0.15, -0.1) is 0 Å². The Hall–Kier alpha value is -0.650. The SMILES string of the molecule is CC1C(C(=O)O)CCN1CCN1CCN(C)CC1. The topological polar surface area (TPSA) is 47.0 Å². The summed E-state index contributed by atoms with van der Waals surface area (Å²) in [5.41, 5.74) is 0. The lowest BCUT2D eigenvalue weighted by atomic mass is 10.0. The third kappa shape index (κ3) is 3.22. The van der Waals surface area contributed by atoms with Gasteiger partial charge in [0.15, 0.2) is 0 Å². The lowest BCUT2D eigenvalue weighted by Gasteiger charge is -2.34. The first kappa shape index (κ1) is 13.8. The highest BCUT2D eigenvalue weighted by atomic mass is 16.4. The molecular weight excluding hydrogens is 230 g/mol. The number of rotatable bonds is 4. The maximum absolute atomic E-state index is 11.1.